The smallest absolute Gasteiger partial charge is 0.0551 e. The number of para-hydroxylation sites is 1. The Bertz CT molecular complexity index is 708. The zero-order chi connectivity index (χ0) is 13.4. The molecule has 0 radical (unpaired) electrons. The van der Waals surface area contributed by atoms with E-state index in [-0.39, 0.29) is 6.04 Å². The van der Waals surface area contributed by atoms with E-state index in [1.165, 1.54) is 16.5 Å². The zero-order valence-electron chi connectivity index (χ0n) is 11.2. The highest BCUT2D eigenvalue weighted by atomic mass is 15.1. The van der Waals surface area contributed by atoms with Crippen LogP contribution in [0.15, 0.2) is 36.7 Å². The number of H-pyrrole nitrogens is 1. The van der Waals surface area contributed by atoms with Gasteiger partial charge in [0.15, 0.2) is 0 Å². The summed E-state index contributed by atoms with van der Waals surface area (Å²) >= 11 is 0. The molecule has 0 aliphatic heterocycles. The number of hydrogen-bond donors (Lipinski definition) is 2. The van der Waals surface area contributed by atoms with Gasteiger partial charge >= 0.3 is 0 Å². The van der Waals surface area contributed by atoms with Gasteiger partial charge in [0, 0.05) is 24.1 Å². The summed E-state index contributed by atoms with van der Waals surface area (Å²) in [5, 5.41) is 8.32. The van der Waals surface area contributed by atoms with Gasteiger partial charge in [-0.1, -0.05) is 18.2 Å². The first-order chi connectivity index (χ1) is 9.16. The van der Waals surface area contributed by atoms with Crippen LogP contribution >= 0.6 is 0 Å². The third-order valence-corrected chi connectivity index (χ3v) is 3.66. The molecule has 0 aliphatic carbocycles. The van der Waals surface area contributed by atoms with Crippen LogP contribution in [-0.2, 0) is 13.5 Å². The standard InChI is InChI=1S/C15H18N4/c1-10-8-17-18-15(10)13(16)7-11-9-19(2)14-6-4-3-5-12(11)14/h3-6,8-9,13H,7,16H2,1-2H3,(H,17,18). The highest BCUT2D eigenvalue weighted by molar-refractivity contribution is 5.83. The number of rotatable bonds is 3. The van der Waals surface area contributed by atoms with Gasteiger partial charge in [0.2, 0.25) is 0 Å². The summed E-state index contributed by atoms with van der Waals surface area (Å²) in [6.45, 7) is 2.03. The van der Waals surface area contributed by atoms with Crippen molar-refractivity contribution >= 4 is 10.9 Å². The highest BCUT2D eigenvalue weighted by Crippen LogP contribution is 2.25. The Morgan fingerprint density at radius 3 is 2.89 bits per heavy atom. The zero-order valence-corrected chi connectivity index (χ0v) is 11.2. The molecule has 98 valence electrons. The quantitative estimate of drug-likeness (QED) is 0.754. The first-order valence-corrected chi connectivity index (χ1v) is 6.45. The fourth-order valence-electron chi connectivity index (χ4n) is 2.66. The van der Waals surface area contributed by atoms with Crippen molar-refractivity contribution in [2.75, 3.05) is 0 Å². The van der Waals surface area contributed by atoms with Gasteiger partial charge in [-0.05, 0) is 30.5 Å². The van der Waals surface area contributed by atoms with Crippen LogP contribution < -0.4 is 5.73 Å². The maximum absolute atomic E-state index is 6.29. The molecule has 1 atom stereocenters. The van der Waals surface area contributed by atoms with Crippen LogP contribution in [0.25, 0.3) is 10.9 Å². The minimum atomic E-state index is -0.0479. The van der Waals surface area contributed by atoms with E-state index < -0.39 is 0 Å². The average molecular weight is 254 g/mol. The number of benzene rings is 1. The van der Waals surface area contributed by atoms with E-state index in [1.807, 2.05) is 13.1 Å². The van der Waals surface area contributed by atoms with Crippen molar-refractivity contribution in [3.8, 4) is 0 Å². The Kier molecular flexibility index (Phi) is 2.87. The lowest BCUT2D eigenvalue weighted by molar-refractivity contribution is 0.689. The lowest BCUT2D eigenvalue weighted by Gasteiger charge is -2.10. The van der Waals surface area contributed by atoms with Crippen molar-refractivity contribution < 1.29 is 0 Å². The molecule has 0 spiro atoms. The van der Waals surface area contributed by atoms with Gasteiger partial charge in [0.05, 0.1) is 17.9 Å². The molecule has 1 aromatic carbocycles. The van der Waals surface area contributed by atoms with Crippen LogP contribution in [0.4, 0.5) is 0 Å². The summed E-state index contributed by atoms with van der Waals surface area (Å²) in [5.74, 6) is 0. The molecular weight excluding hydrogens is 236 g/mol. The highest BCUT2D eigenvalue weighted by Gasteiger charge is 2.14. The summed E-state index contributed by atoms with van der Waals surface area (Å²) in [6.07, 6.45) is 4.79. The van der Waals surface area contributed by atoms with Gasteiger partial charge in [-0.25, -0.2) is 0 Å². The van der Waals surface area contributed by atoms with E-state index in [2.05, 4.69) is 52.3 Å². The van der Waals surface area contributed by atoms with Crippen molar-refractivity contribution in [1.82, 2.24) is 14.8 Å². The first-order valence-electron chi connectivity index (χ1n) is 6.45. The second-order valence-electron chi connectivity index (χ2n) is 5.06. The Morgan fingerprint density at radius 2 is 2.16 bits per heavy atom. The number of nitrogens with zero attached hydrogens (tertiary/aromatic N) is 2. The molecule has 0 saturated carbocycles. The SMILES string of the molecule is Cc1cn[nH]c1C(N)Cc1cn(C)c2ccccc12. The topological polar surface area (TPSA) is 59.6 Å². The summed E-state index contributed by atoms with van der Waals surface area (Å²) < 4.78 is 2.15. The van der Waals surface area contributed by atoms with Crippen molar-refractivity contribution in [3.63, 3.8) is 0 Å². The molecule has 19 heavy (non-hydrogen) atoms. The molecule has 4 heteroatoms. The molecule has 0 aliphatic rings. The largest absolute Gasteiger partial charge is 0.350 e. The Hall–Kier alpha value is -2.07. The second-order valence-corrected chi connectivity index (χ2v) is 5.06. The first kappa shape index (κ1) is 12.0. The number of aromatic amines is 1. The normalized spacial score (nSPS) is 13.0. The summed E-state index contributed by atoms with van der Waals surface area (Å²) in [4.78, 5) is 0. The summed E-state index contributed by atoms with van der Waals surface area (Å²) in [7, 11) is 2.07. The number of fused-ring (bicyclic) bond motifs is 1. The van der Waals surface area contributed by atoms with E-state index in [9.17, 15) is 0 Å². The fraction of sp³-hybridized carbons (Fsp3) is 0.267. The van der Waals surface area contributed by atoms with Crippen LogP contribution in [0.2, 0.25) is 0 Å². The predicted molar refractivity (Wildman–Crippen MR) is 76.9 cm³/mol. The molecule has 3 N–H and O–H groups in total. The molecular formula is C15H18N4. The Labute approximate surface area is 112 Å². The van der Waals surface area contributed by atoms with Crippen molar-refractivity contribution in [1.29, 1.82) is 0 Å². The van der Waals surface area contributed by atoms with Gasteiger partial charge < -0.3 is 10.3 Å². The lowest BCUT2D eigenvalue weighted by Crippen LogP contribution is -2.14. The van der Waals surface area contributed by atoms with E-state index in [0.29, 0.717) is 0 Å². The van der Waals surface area contributed by atoms with Crippen LogP contribution in [0.5, 0.6) is 0 Å². The van der Waals surface area contributed by atoms with Crippen LogP contribution in [0, 0.1) is 6.92 Å². The van der Waals surface area contributed by atoms with Gasteiger partial charge in [-0.3, -0.25) is 5.10 Å². The molecule has 1 unspecified atom stereocenters. The van der Waals surface area contributed by atoms with Gasteiger partial charge in [-0.2, -0.15) is 5.10 Å². The molecule has 4 nitrogen and oxygen atoms in total. The van der Waals surface area contributed by atoms with Crippen LogP contribution in [0.1, 0.15) is 22.9 Å². The number of aryl methyl sites for hydroxylation is 2. The Morgan fingerprint density at radius 1 is 1.37 bits per heavy atom. The van der Waals surface area contributed by atoms with E-state index in [0.717, 1.165) is 17.7 Å². The van der Waals surface area contributed by atoms with Gasteiger partial charge in [0.1, 0.15) is 0 Å². The summed E-state index contributed by atoms with van der Waals surface area (Å²) in [6, 6.07) is 8.36. The van der Waals surface area contributed by atoms with Crippen LogP contribution in [0.3, 0.4) is 0 Å². The third-order valence-electron chi connectivity index (χ3n) is 3.66. The molecule has 3 aromatic rings. The van der Waals surface area contributed by atoms with Gasteiger partial charge in [-0.15, -0.1) is 0 Å². The maximum atomic E-state index is 6.29. The summed E-state index contributed by atoms with van der Waals surface area (Å²) in [5.41, 5.74) is 11.0. The number of hydrogen-bond acceptors (Lipinski definition) is 2. The monoisotopic (exact) mass is 254 g/mol. The lowest BCUT2D eigenvalue weighted by atomic mass is 10.0. The number of aromatic nitrogens is 3. The van der Waals surface area contributed by atoms with Crippen LogP contribution in [-0.4, -0.2) is 14.8 Å². The molecule has 2 heterocycles. The fourth-order valence-corrected chi connectivity index (χ4v) is 2.66. The molecule has 0 fully saturated rings. The average Bonchev–Trinajstić information content (AvgIpc) is 2.95. The van der Waals surface area contributed by atoms with Crippen molar-refractivity contribution in [2.24, 2.45) is 12.8 Å². The van der Waals surface area contributed by atoms with Crippen molar-refractivity contribution in [3.05, 3.63) is 53.5 Å². The van der Waals surface area contributed by atoms with Crippen molar-refractivity contribution in [2.45, 2.75) is 19.4 Å². The molecule has 3 rings (SSSR count). The molecule has 2 aromatic heterocycles. The number of nitrogens with two attached hydrogens (primary N) is 1. The molecule has 0 saturated heterocycles. The number of nitrogens with one attached hydrogen (secondary N) is 1. The predicted octanol–water partition coefficient (Wildman–Crippen LogP) is 2.45. The Balaban J connectivity index is 1.96. The van der Waals surface area contributed by atoms with E-state index in [4.69, 9.17) is 5.73 Å². The van der Waals surface area contributed by atoms with E-state index in [1.54, 1.807) is 0 Å². The maximum Gasteiger partial charge on any atom is 0.0551 e. The minimum Gasteiger partial charge on any atom is -0.350 e. The third kappa shape index (κ3) is 2.04. The molecule has 0 bridgehead atoms. The second kappa shape index (κ2) is 4.55. The van der Waals surface area contributed by atoms with E-state index >= 15 is 0 Å². The van der Waals surface area contributed by atoms with Gasteiger partial charge in [0.25, 0.3) is 0 Å². The molecule has 0 amide bonds. The minimum absolute atomic E-state index is 0.0479.